The maximum atomic E-state index is 12.8. The van der Waals surface area contributed by atoms with Gasteiger partial charge in [-0.2, -0.15) is 0 Å². The molecule has 5 nitrogen and oxygen atoms in total. The molecule has 7 heteroatoms. The Morgan fingerprint density at radius 3 is 2.78 bits per heavy atom. The highest BCUT2D eigenvalue weighted by Gasteiger charge is 2.27. The summed E-state index contributed by atoms with van der Waals surface area (Å²) in [5.41, 5.74) is 0.631. The molecule has 0 unspecified atom stereocenters. The van der Waals surface area contributed by atoms with Crippen LogP contribution in [0.5, 0.6) is 6.01 Å². The molecule has 1 amide bonds. The molecule has 3 rings (SSSR count). The van der Waals surface area contributed by atoms with E-state index < -0.39 is 5.82 Å². The SMILES string of the molecule is O=C(c1ccccc1Br)N1CCC[C@@H](Oc2ncc(F)cn2)C1. The van der Waals surface area contributed by atoms with E-state index >= 15 is 0 Å². The van der Waals surface area contributed by atoms with Gasteiger partial charge in [0, 0.05) is 11.0 Å². The number of ether oxygens (including phenoxy) is 1. The van der Waals surface area contributed by atoms with Crippen LogP contribution in [0.15, 0.2) is 41.1 Å². The summed E-state index contributed by atoms with van der Waals surface area (Å²) < 4.78 is 19.3. The highest BCUT2D eigenvalue weighted by molar-refractivity contribution is 9.10. The lowest BCUT2D eigenvalue weighted by Gasteiger charge is -2.32. The van der Waals surface area contributed by atoms with E-state index in [0.717, 1.165) is 29.7 Å². The topological polar surface area (TPSA) is 55.3 Å². The molecular formula is C16H15BrFN3O2. The lowest BCUT2D eigenvalue weighted by molar-refractivity contribution is 0.0514. The van der Waals surface area contributed by atoms with Crippen LogP contribution < -0.4 is 4.74 Å². The number of hydrogen-bond donors (Lipinski definition) is 0. The van der Waals surface area contributed by atoms with Crippen LogP contribution in [0.1, 0.15) is 23.2 Å². The van der Waals surface area contributed by atoms with Gasteiger partial charge < -0.3 is 9.64 Å². The molecule has 0 radical (unpaired) electrons. The molecule has 1 aliphatic rings. The molecule has 0 N–H and O–H groups in total. The number of nitrogens with zero attached hydrogens (tertiary/aromatic N) is 3. The van der Waals surface area contributed by atoms with Gasteiger partial charge in [0.1, 0.15) is 6.10 Å². The number of rotatable bonds is 3. The highest BCUT2D eigenvalue weighted by atomic mass is 79.9. The van der Waals surface area contributed by atoms with Gasteiger partial charge in [0.05, 0.1) is 24.5 Å². The Kier molecular flexibility index (Phi) is 4.85. The predicted molar refractivity (Wildman–Crippen MR) is 85.7 cm³/mol. The Balaban J connectivity index is 1.67. The summed E-state index contributed by atoms with van der Waals surface area (Å²) in [6, 6.07) is 7.47. The second-order valence-corrected chi connectivity index (χ2v) is 6.15. The smallest absolute Gasteiger partial charge is 0.316 e. The number of carbonyl (C=O) groups excluding carboxylic acids is 1. The second-order valence-electron chi connectivity index (χ2n) is 5.30. The van der Waals surface area contributed by atoms with Crippen molar-refractivity contribution in [2.45, 2.75) is 18.9 Å². The third-order valence-electron chi connectivity index (χ3n) is 3.64. The normalized spacial score (nSPS) is 17.8. The fourth-order valence-electron chi connectivity index (χ4n) is 2.53. The van der Waals surface area contributed by atoms with Crippen LogP contribution in [-0.2, 0) is 0 Å². The Morgan fingerprint density at radius 2 is 2.04 bits per heavy atom. The van der Waals surface area contributed by atoms with Gasteiger partial charge in [0.2, 0.25) is 0 Å². The molecule has 23 heavy (non-hydrogen) atoms. The largest absolute Gasteiger partial charge is 0.458 e. The lowest BCUT2D eigenvalue weighted by Crippen LogP contribution is -2.44. The summed E-state index contributed by atoms with van der Waals surface area (Å²) >= 11 is 3.40. The van der Waals surface area contributed by atoms with Gasteiger partial charge >= 0.3 is 6.01 Å². The minimum atomic E-state index is -0.508. The number of piperidine rings is 1. The summed E-state index contributed by atoms with van der Waals surface area (Å²) in [6.45, 7) is 1.14. The standard InChI is InChI=1S/C16H15BrFN3O2/c17-14-6-2-1-5-13(14)15(22)21-7-3-4-12(10-21)23-16-19-8-11(18)9-20-16/h1-2,5-6,8-9,12H,3-4,7,10H2/t12-/m1/s1. The molecule has 0 saturated carbocycles. The van der Waals surface area contributed by atoms with Crippen LogP contribution in [0.3, 0.4) is 0 Å². The van der Waals surface area contributed by atoms with Gasteiger partial charge in [0.25, 0.3) is 5.91 Å². The van der Waals surface area contributed by atoms with Gasteiger partial charge in [-0.1, -0.05) is 12.1 Å². The monoisotopic (exact) mass is 379 g/mol. The molecule has 2 aromatic rings. The van der Waals surface area contributed by atoms with Gasteiger partial charge in [-0.3, -0.25) is 4.79 Å². The molecule has 1 atom stereocenters. The molecule has 0 bridgehead atoms. The minimum absolute atomic E-state index is 0.0363. The molecule has 1 aromatic heterocycles. The number of halogens is 2. The average molecular weight is 380 g/mol. The number of likely N-dealkylation sites (tertiary alicyclic amines) is 1. The van der Waals surface area contributed by atoms with Crippen molar-refractivity contribution in [1.29, 1.82) is 0 Å². The van der Waals surface area contributed by atoms with E-state index in [4.69, 9.17) is 4.74 Å². The number of carbonyl (C=O) groups is 1. The molecule has 1 saturated heterocycles. The Hall–Kier alpha value is -2.02. The first-order valence-electron chi connectivity index (χ1n) is 7.31. The second kappa shape index (κ2) is 7.04. The van der Waals surface area contributed by atoms with Gasteiger partial charge in [-0.15, -0.1) is 0 Å². The van der Waals surface area contributed by atoms with Crippen LogP contribution in [0.25, 0.3) is 0 Å². The van der Waals surface area contributed by atoms with Crippen molar-refractivity contribution in [3.8, 4) is 6.01 Å². The van der Waals surface area contributed by atoms with Crippen LogP contribution in [0.4, 0.5) is 4.39 Å². The van der Waals surface area contributed by atoms with Crippen molar-refractivity contribution in [3.63, 3.8) is 0 Å². The summed E-state index contributed by atoms with van der Waals surface area (Å²) in [4.78, 5) is 22.0. The first-order valence-corrected chi connectivity index (χ1v) is 8.11. The maximum absolute atomic E-state index is 12.8. The van der Waals surface area contributed by atoms with Gasteiger partial charge in [-0.05, 0) is 40.9 Å². The van der Waals surface area contributed by atoms with E-state index in [1.807, 2.05) is 18.2 Å². The molecular weight excluding hydrogens is 365 g/mol. The summed E-state index contributed by atoms with van der Waals surface area (Å²) in [5, 5.41) is 0. The van der Waals surface area contributed by atoms with E-state index in [1.54, 1.807) is 11.0 Å². The zero-order valence-corrected chi connectivity index (χ0v) is 13.9. The minimum Gasteiger partial charge on any atom is -0.458 e. The maximum Gasteiger partial charge on any atom is 0.316 e. The van der Waals surface area contributed by atoms with Gasteiger partial charge in [-0.25, -0.2) is 14.4 Å². The van der Waals surface area contributed by atoms with Crippen LogP contribution in [0, 0.1) is 5.82 Å². The number of benzene rings is 1. The summed E-state index contributed by atoms with van der Waals surface area (Å²) in [7, 11) is 0. The first-order chi connectivity index (χ1) is 11.1. The van der Waals surface area contributed by atoms with Crippen molar-refractivity contribution in [2.75, 3.05) is 13.1 Å². The van der Waals surface area contributed by atoms with Crippen molar-refractivity contribution < 1.29 is 13.9 Å². The quantitative estimate of drug-likeness (QED) is 0.822. The Morgan fingerprint density at radius 1 is 1.30 bits per heavy atom. The lowest BCUT2D eigenvalue weighted by atomic mass is 10.1. The van der Waals surface area contributed by atoms with Crippen molar-refractivity contribution in [1.82, 2.24) is 14.9 Å². The van der Waals surface area contributed by atoms with E-state index in [1.165, 1.54) is 0 Å². The third kappa shape index (κ3) is 3.85. The predicted octanol–water partition coefficient (Wildman–Crippen LogP) is 3.06. The molecule has 1 fully saturated rings. The molecule has 0 aliphatic carbocycles. The molecule has 120 valence electrons. The Labute approximate surface area is 141 Å². The van der Waals surface area contributed by atoms with Gasteiger partial charge in [0.15, 0.2) is 5.82 Å². The molecule has 0 spiro atoms. The molecule has 2 heterocycles. The average Bonchev–Trinajstić information content (AvgIpc) is 2.57. The molecule has 1 aliphatic heterocycles. The van der Waals surface area contributed by atoms with E-state index in [-0.39, 0.29) is 18.0 Å². The van der Waals surface area contributed by atoms with E-state index in [9.17, 15) is 9.18 Å². The number of amides is 1. The zero-order valence-electron chi connectivity index (χ0n) is 12.3. The molecule has 1 aromatic carbocycles. The summed E-state index contributed by atoms with van der Waals surface area (Å²) in [5.74, 6) is -0.544. The fraction of sp³-hybridized carbons (Fsp3) is 0.312. The summed E-state index contributed by atoms with van der Waals surface area (Å²) in [6.07, 6.45) is 3.58. The van der Waals surface area contributed by atoms with E-state index in [2.05, 4.69) is 25.9 Å². The van der Waals surface area contributed by atoms with Crippen molar-refractivity contribution in [2.24, 2.45) is 0 Å². The highest BCUT2D eigenvalue weighted by Crippen LogP contribution is 2.21. The van der Waals surface area contributed by atoms with Crippen LogP contribution in [-0.4, -0.2) is 40.0 Å². The van der Waals surface area contributed by atoms with Crippen molar-refractivity contribution >= 4 is 21.8 Å². The number of hydrogen-bond acceptors (Lipinski definition) is 4. The number of aromatic nitrogens is 2. The third-order valence-corrected chi connectivity index (χ3v) is 4.33. The Bertz CT molecular complexity index is 696. The first kappa shape index (κ1) is 15.9. The van der Waals surface area contributed by atoms with E-state index in [0.29, 0.717) is 18.7 Å². The van der Waals surface area contributed by atoms with Crippen LogP contribution >= 0.6 is 15.9 Å². The van der Waals surface area contributed by atoms with Crippen LogP contribution in [0.2, 0.25) is 0 Å². The fourth-order valence-corrected chi connectivity index (χ4v) is 2.99. The zero-order chi connectivity index (χ0) is 16.2. The van der Waals surface area contributed by atoms with Crippen molar-refractivity contribution in [3.05, 3.63) is 52.5 Å².